The van der Waals surface area contributed by atoms with Gasteiger partial charge in [-0.3, -0.25) is 9.59 Å². The summed E-state index contributed by atoms with van der Waals surface area (Å²) in [6.07, 6.45) is 0.974. The SMILES string of the molecule is CCc1ccc(C(=O)CC(C)=O)s1. The minimum Gasteiger partial charge on any atom is -0.300 e. The Kier molecular flexibility index (Phi) is 3.37. The lowest BCUT2D eigenvalue weighted by Gasteiger charge is -1.91. The zero-order valence-electron chi connectivity index (χ0n) is 7.79. The molecule has 13 heavy (non-hydrogen) atoms. The Labute approximate surface area is 81.6 Å². The highest BCUT2D eigenvalue weighted by atomic mass is 32.1. The van der Waals surface area contributed by atoms with E-state index in [4.69, 9.17) is 0 Å². The lowest BCUT2D eigenvalue weighted by atomic mass is 10.2. The van der Waals surface area contributed by atoms with Gasteiger partial charge in [-0.05, 0) is 25.5 Å². The van der Waals surface area contributed by atoms with Crippen molar-refractivity contribution in [3.05, 3.63) is 21.9 Å². The van der Waals surface area contributed by atoms with Crippen molar-refractivity contribution < 1.29 is 9.59 Å². The maximum Gasteiger partial charge on any atom is 0.180 e. The predicted octanol–water partition coefficient (Wildman–Crippen LogP) is 2.47. The summed E-state index contributed by atoms with van der Waals surface area (Å²) in [7, 11) is 0. The highest BCUT2D eigenvalue weighted by Gasteiger charge is 2.10. The number of rotatable bonds is 4. The van der Waals surface area contributed by atoms with E-state index in [0.717, 1.165) is 6.42 Å². The second-order valence-electron chi connectivity index (χ2n) is 2.92. The number of hydrogen-bond donors (Lipinski definition) is 0. The smallest absolute Gasteiger partial charge is 0.180 e. The first-order valence-corrected chi connectivity index (χ1v) is 5.06. The lowest BCUT2D eigenvalue weighted by molar-refractivity contribution is -0.116. The molecule has 2 nitrogen and oxygen atoms in total. The van der Waals surface area contributed by atoms with Crippen LogP contribution in [0.2, 0.25) is 0 Å². The Morgan fingerprint density at radius 3 is 2.54 bits per heavy atom. The van der Waals surface area contributed by atoms with Crippen LogP contribution in [0.15, 0.2) is 12.1 Å². The van der Waals surface area contributed by atoms with Crippen LogP contribution in [0.5, 0.6) is 0 Å². The Balaban J connectivity index is 2.71. The number of aryl methyl sites for hydroxylation is 1. The summed E-state index contributed by atoms with van der Waals surface area (Å²) >= 11 is 1.48. The van der Waals surface area contributed by atoms with Crippen LogP contribution in [0.1, 0.15) is 34.8 Å². The fraction of sp³-hybridized carbons (Fsp3) is 0.400. The van der Waals surface area contributed by atoms with E-state index in [1.54, 1.807) is 6.07 Å². The van der Waals surface area contributed by atoms with Crippen LogP contribution in [0.3, 0.4) is 0 Å². The topological polar surface area (TPSA) is 34.1 Å². The first kappa shape index (κ1) is 10.1. The largest absolute Gasteiger partial charge is 0.300 e. The van der Waals surface area contributed by atoms with E-state index in [0.29, 0.717) is 4.88 Å². The van der Waals surface area contributed by atoms with Crippen LogP contribution in [0, 0.1) is 0 Å². The molecule has 1 heterocycles. The van der Waals surface area contributed by atoms with Crippen LogP contribution in [0.25, 0.3) is 0 Å². The molecule has 0 N–H and O–H groups in total. The van der Waals surface area contributed by atoms with Crippen LogP contribution < -0.4 is 0 Å². The third kappa shape index (κ3) is 2.77. The number of thiophene rings is 1. The van der Waals surface area contributed by atoms with E-state index >= 15 is 0 Å². The van der Waals surface area contributed by atoms with Gasteiger partial charge in [0.2, 0.25) is 0 Å². The van der Waals surface area contributed by atoms with Gasteiger partial charge in [-0.2, -0.15) is 0 Å². The van der Waals surface area contributed by atoms with E-state index in [1.165, 1.54) is 23.1 Å². The van der Waals surface area contributed by atoms with Crippen molar-refractivity contribution in [1.82, 2.24) is 0 Å². The number of ketones is 2. The summed E-state index contributed by atoms with van der Waals surface area (Å²) in [5.74, 6) is -0.131. The van der Waals surface area contributed by atoms with Gasteiger partial charge in [-0.15, -0.1) is 11.3 Å². The minimum absolute atomic E-state index is 0.0314. The first-order chi connectivity index (χ1) is 6.13. The third-order valence-electron chi connectivity index (χ3n) is 1.69. The van der Waals surface area contributed by atoms with Gasteiger partial charge in [0.25, 0.3) is 0 Å². The van der Waals surface area contributed by atoms with Gasteiger partial charge in [0, 0.05) is 4.88 Å². The van der Waals surface area contributed by atoms with Gasteiger partial charge in [-0.1, -0.05) is 6.92 Å². The van der Waals surface area contributed by atoms with E-state index in [9.17, 15) is 9.59 Å². The molecule has 0 unspecified atom stereocenters. The summed E-state index contributed by atoms with van der Waals surface area (Å²) in [6.45, 7) is 3.48. The fourth-order valence-corrected chi connectivity index (χ4v) is 1.92. The summed E-state index contributed by atoms with van der Waals surface area (Å²) < 4.78 is 0. The first-order valence-electron chi connectivity index (χ1n) is 4.24. The molecule has 0 atom stereocenters. The van der Waals surface area contributed by atoms with Crippen molar-refractivity contribution in [2.24, 2.45) is 0 Å². The molecule has 1 aromatic rings. The Morgan fingerprint density at radius 1 is 1.38 bits per heavy atom. The molecule has 0 amide bonds. The molecule has 3 heteroatoms. The van der Waals surface area contributed by atoms with Crippen molar-refractivity contribution in [3.8, 4) is 0 Å². The quantitative estimate of drug-likeness (QED) is 0.547. The summed E-state index contributed by atoms with van der Waals surface area (Å²) in [6, 6.07) is 3.74. The van der Waals surface area contributed by atoms with Crippen LogP contribution >= 0.6 is 11.3 Å². The Morgan fingerprint density at radius 2 is 2.08 bits per heavy atom. The highest BCUT2D eigenvalue weighted by Crippen LogP contribution is 2.18. The molecule has 0 aliphatic carbocycles. The molecule has 0 spiro atoms. The molecule has 0 aliphatic heterocycles. The highest BCUT2D eigenvalue weighted by molar-refractivity contribution is 7.14. The minimum atomic E-state index is -0.0727. The standard InChI is InChI=1S/C10H12O2S/c1-3-8-4-5-10(13-8)9(12)6-7(2)11/h4-5H,3,6H2,1-2H3. The van der Waals surface area contributed by atoms with Crippen LogP contribution in [0.4, 0.5) is 0 Å². The van der Waals surface area contributed by atoms with Crippen molar-refractivity contribution in [2.45, 2.75) is 26.7 Å². The van der Waals surface area contributed by atoms with E-state index in [2.05, 4.69) is 0 Å². The van der Waals surface area contributed by atoms with Crippen molar-refractivity contribution in [1.29, 1.82) is 0 Å². The average molecular weight is 196 g/mol. The molecule has 0 radical (unpaired) electrons. The summed E-state index contributed by atoms with van der Waals surface area (Å²) in [4.78, 5) is 23.9. The predicted molar refractivity (Wildman–Crippen MR) is 53.3 cm³/mol. The lowest BCUT2D eigenvalue weighted by Crippen LogP contribution is -2.02. The summed E-state index contributed by atoms with van der Waals surface area (Å²) in [5, 5.41) is 0. The van der Waals surface area contributed by atoms with Crippen molar-refractivity contribution in [3.63, 3.8) is 0 Å². The maximum atomic E-state index is 11.4. The number of carbonyl (C=O) groups excluding carboxylic acids is 2. The molecular weight excluding hydrogens is 184 g/mol. The molecule has 0 aromatic carbocycles. The zero-order chi connectivity index (χ0) is 9.84. The van der Waals surface area contributed by atoms with Crippen LogP contribution in [-0.2, 0) is 11.2 Å². The van der Waals surface area contributed by atoms with E-state index in [-0.39, 0.29) is 18.0 Å². The molecule has 1 aromatic heterocycles. The van der Waals surface area contributed by atoms with Crippen molar-refractivity contribution in [2.75, 3.05) is 0 Å². The Bertz CT molecular complexity index is 325. The third-order valence-corrected chi connectivity index (χ3v) is 2.97. The molecule has 0 saturated carbocycles. The van der Waals surface area contributed by atoms with Gasteiger partial charge >= 0.3 is 0 Å². The van der Waals surface area contributed by atoms with E-state index in [1.807, 2.05) is 13.0 Å². The number of hydrogen-bond acceptors (Lipinski definition) is 3. The molecule has 0 saturated heterocycles. The second kappa shape index (κ2) is 4.33. The molecule has 1 rings (SSSR count). The second-order valence-corrected chi connectivity index (χ2v) is 4.09. The van der Waals surface area contributed by atoms with Gasteiger partial charge in [-0.25, -0.2) is 0 Å². The summed E-state index contributed by atoms with van der Waals surface area (Å²) in [5.41, 5.74) is 0. The molecule has 0 fully saturated rings. The van der Waals surface area contributed by atoms with Crippen LogP contribution in [-0.4, -0.2) is 11.6 Å². The van der Waals surface area contributed by atoms with E-state index < -0.39 is 0 Å². The molecule has 0 aliphatic rings. The maximum absolute atomic E-state index is 11.4. The van der Waals surface area contributed by atoms with Gasteiger partial charge in [0.05, 0.1) is 11.3 Å². The monoisotopic (exact) mass is 196 g/mol. The van der Waals surface area contributed by atoms with Gasteiger partial charge in [0.1, 0.15) is 5.78 Å². The fourth-order valence-electron chi connectivity index (χ4n) is 1.03. The van der Waals surface area contributed by atoms with Gasteiger partial charge in [0.15, 0.2) is 5.78 Å². The normalized spacial score (nSPS) is 10.0. The molecule has 70 valence electrons. The van der Waals surface area contributed by atoms with Gasteiger partial charge < -0.3 is 0 Å². The zero-order valence-corrected chi connectivity index (χ0v) is 8.61. The van der Waals surface area contributed by atoms with Crippen molar-refractivity contribution >= 4 is 22.9 Å². The molecule has 0 bridgehead atoms. The number of carbonyl (C=O) groups is 2. The Hall–Kier alpha value is -0.960. The number of Topliss-reactive ketones (excluding diaryl/α,β-unsaturated/α-hetero) is 2. The molecular formula is C10H12O2S. The average Bonchev–Trinajstić information content (AvgIpc) is 2.50.